The molecule has 1 atom stereocenters. The fraction of sp³-hybridized carbons (Fsp3) is 0.632. The Hall–Kier alpha value is -0.870. The van der Waals surface area contributed by atoms with Gasteiger partial charge in [-0.25, -0.2) is 18.1 Å². The van der Waals surface area contributed by atoms with Crippen molar-refractivity contribution in [3.63, 3.8) is 0 Å². The predicted molar refractivity (Wildman–Crippen MR) is 124 cm³/mol. The second-order valence-corrected chi connectivity index (χ2v) is 8.80. The Balaban J connectivity index is 0.00000676. The van der Waals surface area contributed by atoms with E-state index < -0.39 is 10.0 Å². The van der Waals surface area contributed by atoms with Crippen LogP contribution in [0.3, 0.4) is 0 Å². The molecule has 1 aromatic rings. The molecule has 0 saturated heterocycles. The van der Waals surface area contributed by atoms with E-state index in [2.05, 4.69) is 41.1 Å². The van der Waals surface area contributed by atoms with Crippen LogP contribution in [0.2, 0.25) is 0 Å². The number of guanidine groups is 1. The van der Waals surface area contributed by atoms with E-state index in [-0.39, 0.29) is 28.9 Å². The maximum Gasteiger partial charge on any atom is 0.240 e. The molecule has 0 aliphatic carbocycles. The minimum atomic E-state index is -3.40. The molecule has 1 aromatic carbocycles. The highest BCUT2D eigenvalue weighted by Gasteiger charge is 2.10. The first-order valence-corrected chi connectivity index (χ1v) is 10.8. The average molecular weight is 510 g/mol. The molecule has 0 aliphatic heterocycles. The van der Waals surface area contributed by atoms with Crippen molar-refractivity contribution in [3.05, 3.63) is 29.8 Å². The van der Waals surface area contributed by atoms with Crippen molar-refractivity contribution >= 4 is 40.0 Å². The molecule has 0 saturated carbocycles. The molecule has 8 heteroatoms. The normalized spacial score (nSPS) is 13.2. The number of aliphatic imine (C=N–C) groups is 1. The molecule has 1 unspecified atom stereocenters. The highest BCUT2D eigenvalue weighted by Crippen LogP contribution is 2.11. The van der Waals surface area contributed by atoms with Crippen LogP contribution in [0.5, 0.6) is 0 Å². The number of hydrogen-bond acceptors (Lipinski definition) is 3. The minimum Gasteiger partial charge on any atom is -0.357 e. The summed E-state index contributed by atoms with van der Waals surface area (Å²) in [5, 5.41) is 6.70. The second kappa shape index (κ2) is 13.3. The van der Waals surface area contributed by atoms with Gasteiger partial charge in [-0.1, -0.05) is 38.8 Å². The summed E-state index contributed by atoms with van der Waals surface area (Å²) >= 11 is 0. The largest absolute Gasteiger partial charge is 0.357 e. The van der Waals surface area contributed by atoms with Gasteiger partial charge in [0.2, 0.25) is 10.0 Å². The standard InChI is InChI=1S/C19H34N4O2S.HI/c1-6-21-19(23-16(4)9-7-8-15(2)3)22-14-17-10-12-18(13-11-17)26(24,25)20-5;/h10-13,15-16,20H,6-9,14H2,1-5H3,(H2,21,22,23);1H. The number of hydrogen-bond donors (Lipinski definition) is 3. The lowest BCUT2D eigenvalue weighted by Gasteiger charge is -2.18. The summed E-state index contributed by atoms with van der Waals surface area (Å²) in [6, 6.07) is 7.15. The van der Waals surface area contributed by atoms with Crippen molar-refractivity contribution in [2.75, 3.05) is 13.6 Å². The first-order valence-electron chi connectivity index (χ1n) is 9.35. The van der Waals surface area contributed by atoms with E-state index >= 15 is 0 Å². The quantitative estimate of drug-likeness (QED) is 0.256. The summed E-state index contributed by atoms with van der Waals surface area (Å²) in [6.45, 7) is 9.99. The summed E-state index contributed by atoms with van der Waals surface area (Å²) in [5.74, 6) is 1.52. The Morgan fingerprint density at radius 3 is 2.26 bits per heavy atom. The van der Waals surface area contributed by atoms with E-state index in [1.165, 1.54) is 19.9 Å². The number of sulfonamides is 1. The van der Waals surface area contributed by atoms with Crippen LogP contribution >= 0.6 is 24.0 Å². The van der Waals surface area contributed by atoms with Gasteiger partial charge in [0.25, 0.3) is 0 Å². The third-order valence-corrected chi connectivity index (χ3v) is 5.50. The van der Waals surface area contributed by atoms with E-state index in [0.717, 1.165) is 30.4 Å². The van der Waals surface area contributed by atoms with Gasteiger partial charge >= 0.3 is 0 Å². The lowest BCUT2D eigenvalue weighted by Crippen LogP contribution is -2.42. The molecule has 3 N–H and O–H groups in total. The van der Waals surface area contributed by atoms with Crippen LogP contribution in [0.1, 0.15) is 52.5 Å². The Labute approximate surface area is 182 Å². The van der Waals surface area contributed by atoms with Crippen LogP contribution in [0.25, 0.3) is 0 Å². The number of halogens is 1. The van der Waals surface area contributed by atoms with Gasteiger partial charge in [-0.05, 0) is 50.9 Å². The van der Waals surface area contributed by atoms with Crippen LogP contribution in [0, 0.1) is 5.92 Å². The maximum atomic E-state index is 11.8. The molecule has 6 nitrogen and oxygen atoms in total. The summed E-state index contributed by atoms with van der Waals surface area (Å²) in [5.41, 5.74) is 0.963. The average Bonchev–Trinajstić information content (AvgIpc) is 2.60. The van der Waals surface area contributed by atoms with Crippen molar-refractivity contribution in [2.45, 2.75) is 64.4 Å². The van der Waals surface area contributed by atoms with Gasteiger partial charge in [-0.15, -0.1) is 24.0 Å². The molecule has 0 fully saturated rings. The molecular weight excluding hydrogens is 475 g/mol. The van der Waals surface area contributed by atoms with Gasteiger partial charge < -0.3 is 10.6 Å². The monoisotopic (exact) mass is 510 g/mol. The Morgan fingerprint density at radius 2 is 1.74 bits per heavy atom. The van der Waals surface area contributed by atoms with Crippen molar-refractivity contribution in [3.8, 4) is 0 Å². The molecule has 0 radical (unpaired) electrons. The van der Waals surface area contributed by atoms with Crippen LogP contribution in [-0.4, -0.2) is 34.0 Å². The highest BCUT2D eigenvalue weighted by molar-refractivity contribution is 14.0. The minimum absolute atomic E-state index is 0. The molecule has 156 valence electrons. The van der Waals surface area contributed by atoms with Gasteiger partial charge in [-0.2, -0.15) is 0 Å². The van der Waals surface area contributed by atoms with E-state index in [1.54, 1.807) is 24.3 Å². The molecule has 1 rings (SSSR count). The second-order valence-electron chi connectivity index (χ2n) is 6.92. The van der Waals surface area contributed by atoms with Gasteiger partial charge in [-0.3, -0.25) is 0 Å². The van der Waals surface area contributed by atoms with Gasteiger partial charge in [0.1, 0.15) is 0 Å². The van der Waals surface area contributed by atoms with Crippen LogP contribution in [0.15, 0.2) is 34.2 Å². The molecule has 0 amide bonds. The zero-order valence-corrected chi connectivity index (χ0v) is 20.2. The zero-order valence-electron chi connectivity index (χ0n) is 17.1. The molecule has 0 bridgehead atoms. The van der Waals surface area contributed by atoms with Crippen molar-refractivity contribution in [2.24, 2.45) is 10.9 Å². The first-order chi connectivity index (χ1) is 12.3. The SMILES string of the molecule is CCNC(=NCc1ccc(S(=O)(=O)NC)cc1)NC(C)CCCC(C)C.I. The fourth-order valence-corrected chi connectivity index (χ4v) is 3.25. The van der Waals surface area contributed by atoms with Crippen LogP contribution in [-0.2, 0) is 16.6 Å². The van der Waals surface area contributed by atoms with E-state index in [1.807, 2.05) is 6.92 Å². The third-order valence-electron chi connectivity index (χ3n) is 4.07. The Kier molecular flexibility index (Phi) is 12.9. The van der Waals surface area contributed by atoms with Crippen molar-refractivity contribution < 1.29 is 8.42 Å². The molecular formula is C19H35IN4O2S. The molecule has 27 heavy (non-hydrogen) atoms. The topological polar surface area (TPSA) is 82.6 Å². The van der Waals surface area contributed by atoms with Gasteiger partial charge in [0.05, 0.1) is 11.4 Å². The maximum absolute atomic E-state index is 11.8. The summed E-state index contributed by atoms with van der Waals surface area (Å²) in [7, 11) is -1.99. The Morgan fingerprint density at radius 1 is 1.11 bits per heavy atom. The van der Waals surface area contributed by atoms with Crippen LogP contribution < -0.4 is 15.4 Å². The predicted octanol–water partition coefficient (Wildman–Crippen LogP) is 3.48. The third kappa shape index (κ3) is 10.3. The number of nitrogens with zero attached hydrogens (tertiary/aromatic N) is 1. The molecule has 0 spiro atoms. The lowest BCUT2D eigenvalue weighted by molar-refractivity contribution is 0.491. The number of rotatable bonds is 10. The smallest absolute Gasteiger partial charge is 0.240 e. The fourth-order valence-electron chi connectivity index (χ4n) is 2.52. The van der Waals surface area contributed by atoms with E-state index in [4.69, 9.17) is 0 Å². The van der Waals surface area contributed by atoms with Gasteiger partial charge in [0.15, 0.2) is 5.96 Å². The zero-order chi connectivity index (χ0) is 19.6. The molecule has 0 aliphatic rings. The lowest BCUT2D eigenvalue weighted by atomic mass is 10.0. The molecule has 0 aromatic heterocycles. The first kappa shape index (κ1) is 26.1. The number of nitrogens with one attached hydrogen (secondary N) is 3. The molecule has 0 heterocycles. The highest BCUT2D eigenvalue weighted by atomic mass is 127. The van der Waals surface area contributed by atoms with Crippen molar-refractivity contribution in [1.29, 1.82) is 0 Å². The number of benzene rings is 1. The Bertz CT molecular complexity index is 661. The summed E-state index contributed by atoms with van der Waals surface area (Å²) in [4.78, 5) is 4.87. The van der Waals surface area contributed by atoms with Crippen LogP contribution in [0.4, 0.5) is 0 Å². The van der Waals surface area contributed by atoms with Gasteiger partial charge in [0, 0.05) is 12.6 Å². The van der Waals surface area contributed by atoms with Crippen molar-refractivity contribution in [1.82, 2.24) is 15.4 Å². The summed E-state index contributed by atoms with van der Waals surface area (Å²) in [6.07, 6.45) is 3.55. The van der Waals surface area contributed by atoms with E-state index in [9.17, 15) is 8.42 Å². The van der Waals surface area contributed by atoms with E-state index in [0.29, 0.717) is 12.6 Å². The summed E-state index contributed by atoms with van der Waals surface area (Å²) < 4.78 is 25.8.